The first-order chi connectivity index (χ1) is 11.0. The van der Waals surface area contributed by atoms with Crippen molar-refractivity contribution in [1.82, 2.24) is 20.2 Å². The van der Waals surface area contributed by atoms with Gasteiger partial charge in [-0.25, -0.2) is 4.98 Å². The van der Waals surface area contributed by atoms with Gasteiger partial charge < -0.3 is 15.4 Å². The number of rotatable bonds is 9. The summed E-state index contributed by atoms with van der Waals surface area (Å²) in [5.74, 6) is 1.25. The number of hydrogen-bond acceptors (Lipinski definition) is 3. The molecule has 0 saturated carbocycles. The highest BCUT2D eigenvalue weighted by molar-refractivity contribution is 5.79. The van der Waals surface area contributed by atoms with Crippen LogP contribution in [0.3, 0.4) is 0 Å². The molecule has 0 aliphatic rings. The van der Waals surface area contributed by atoms with Gasteiger partial charge in [0.05, 0.1) is 12.6 Å². The van der Waals surface area contributed by atoms with E-state index in [0.717, 1.165) is 11.0 Å². The Morgan fingerprint density at radius 3 is 2.70 bits per heavy atom. The molecule has 0 aliphatic carbocycles. The van der Waals surface area contributed by atoms with E-state index in [1.807, 2.05) is 6.92 Å². The lowest BCUT2D eigenvalue weighted by Crippen LogP contribution is -2.39. The quantitative estimate of drug-likeness (QED) is 0.539. The molecule has 23 heavy (non-hydrogen) atoms. The van der Waals surface area contributed by atoms with Crippen LogP contribution in [0.1, 0.15) is 39.6 Å². The van der Waals surface area contributed by atoms with Gasteiger partial charge in [-0.05, 0) is 19.3 Å². The van der Waals surface area contributed by atoms with E-state index in [1.54, 1.807) is 7.05 Å². The van der Waals surface area contributed by atoms with Crippen LogP contribution in [0, 0.1) is 5.92 Å². The molecule has 6 nitrogen and oxygen atoms in total. The second-order valence-electron chi connectivity index (χ2n) is 5.41. The predicted octanol–water partition coefficient (Wildman–Crippen LogP) is 2.39. The average Bonchev–Trinajstić information content (AvgIpc) is 2.98. The Kier molecular flexibility index (Phi) is 8.53. The summed E-state index contributed by atoms with van der Waals surface area (Å²) in [4.78, 5) is 8.00. The molecule has 8 heteroatoms. The van der Waals surface area contributed by atoms with Crippen molar-refractivity contribution in [3.63, 3.8) is 0 Å². The summed E-state index contributed by atoms with van der Waals surface area (Å²) >= 11 is 0. The summed E-state index contributed by atoms with van der Waals surface area (Å²) in [6.07, 6.45) is 3.64. The average molecular weight is 331 g/mol. The predicted molar refractivity (Wildman–Crippen MR) is 86.6 cm³/mol. The molecule has 0 aliphatic heterocycles. The summed E-state index contributed by atoms with van der Waals surface area (Å²) in [5, 5.41) is 6.14. The van der Waals surface area contributed by atoms with Crippen LogP contribution in [-0.2, 0) is 11.3 Å². The van der Waals surface area contributed by atoms with Crippen LogP contribution < -0.4 is 10.6 Å². The highest BCUT2D eigenvalue weighted by atomic mass is 19.3. The van der Waals surface area contributed by atoms with Crippen LogP contribution in [0.25, 0.3) is 0 Å². The number of guanidine groups is 1. The van der Waals surface area contributed by atoms with Crippen LogP contribution in [0.15, 0.2) is 17.4 Å². The van der Waals surface area contributed by atoms with Gasteiger partial charge in [0.2, 0.25) is 0 Å². The standard InChI is InChI=1S/C15H27F2N5O/c1-5-23-12(11(2)3)6-7-20-15(18-4)21-10-13-19-8-9-22(13)14(16)17/h8-9,11-12,14H,5-7,10H2,1-4H3,(H2,18,20,21). The summed E-state index contributed by atoms with van der Waals surface area (Å²) in [6.45, 7) is 5.18. The van der Waals surface area contributed by atoms with E-state index in [9.17, 15) is 8.78 Å². The lowest BCUT2D eigenvalue weighted by molar-refractivity contribution is 0.0258. The Labute approximate surface area is 136 Å². The Hall–Kier alpha value is -1.70. The minimum Gasteiger partial charge on any atom is -0.378 e. The monoisotopic (exact) mass is 331 g/mol. The number of nitrogens with zero attached hydrogens (tertiary/aromatic N) is 3. The van der Waals surface area contributed by atoms with Crippen molar-refractivity contribution in [1.29, 1.82) is 0 Å². The molecule has 0 fully saturated rings. The van der Waals surface area contributed by atoms with E-state index in [1.165, 1.54) is 12.4 Å². The summed E-state index contributed by atoms with van der Waals surface area (Å²) in [5.41, 5.74) is 0. The third-order valence-corrected chi connectivity index (χ3v) is 3.44. The van der Waals surface area contributed by atoms with Gasteiger partial charge in [0, 0.05) is 32.6 Å². The molecule has 1 heterocycles. The lowest BCUT2D eigenvalue weighted by Gasteiger charge is -2.21. The number of ether oxygens (including phenoxy) is 1. The summed E-state index contributed by atoms with van der Waals surface area (Å²) in [7, 11) is 1.64. The van der Waals surface area contributed by atoms with Crippen LogP contribution in [0.4, 0.5) is 8.78 Å². The maximum atomic E-state index is 12.7. The number of hydrogen-bond donors (Lipinski definition) is 2. The number of halogens is 2. The molecule has 1 atom stereocenters. The highest BCUT2D eigenvalue weighted by Gasteiger charge is 2.14. The third-order valence-electron chi connectivity index (χ3n) is 3.44. The van der Waals surface area contributed by atoms with E-state index in [2.05, 4.69) is 34.5 Å². The van der Waals surface area contributed by atoms with Crippen LogP contribution in [0.2, 0.25) is 0 Å². The number of imidazole rings is 1. The van der Waals surface area contributed by atoms with E-state index in [0.29, 0.717) is 25.0 Å². The molecule has 0 aromatic carbocycles. The Morgan fingerprint density at radius 1 is 1.39 bits per heavy atom. The van der Waals surface area contributed by atoms with Gasteiger partial charge in [0.1, 0.15) is 5.82 Å². The largest absolute Gasteiger partial charge is 0.378 e. The fraction of sp³-hybridized carbons (Fsp3) is 0.733. The van der Waals surface area contributed by atoms with Gasteiger partial charge in [0.25, 0.3) is 0 Å². The smallest absolute Gasteiger partial charge is 0.319 e. The zero-order valence-electron chi connectivity index (χ0n) is 14.2. The minimum atomic E-state index is -2.60. The van der Waals surface area contributed by atoms with Gasteiger partial charge in [-0.2, -0.15) is 8.78 Å². The Morgan fingerprint density at radius 2 is 2.13 bits per heavy atom. The van der Waals surface area contributed by atoms with E-state index in [-0.39, 0.29) is 18.5 Å². The van der Waals surface area contributed by atoms with Crippen molar-refractivity contribution in [3.05, 3.63) is 18.2 Å². The topological polar surface area (TPSA) is 63.5 Å². The highest BCUT2D eigenvalue weighted by Crippen LogP contribution is 2.12. The normalized spacial score (nSPS) is 13.7. The molecule has 0 bridgehead atoms. The number of aromatic nitrogens is 2. The van der Waals surface area contributed by atoms with Gasteiger partial charge in [-0.15, -0.1) is 0 Å². The van der Waals surface area contributed by atoms with Crippen molar-refractivity contribution in [2.24, 2.45) is 10.9 Å². The molecule has 0 saturated heterocycles. The van der Waals surface area contributed by atoms with Crippen molar-refractivity contribution in [3.8, 4) is 0 Å². The zero-order chi connectivity index (χ0) is 17.2. The molecule has 0 spiro atoms. The zero-order valence-corrected chi connectivity index (χ0v) is 14.2. The Bertz CT molecular complexity index is 476. The van der Waals surface area contributed by atoms with Gasteiger partial charge in [0.15, 0.2) is 5.96 Å². The molecule has 1 aromatic heterocycles. The Balaban J connectivity index is 2.41. The maximum absolute atomic E-state index is 12.7. The first-order valence-electron chi connectivity index (χ1n) is 7.85. The number of alkyl halides is 2. The van der Waals surface area contributed by atoms with Gasteiger partial charge in [-0.3, -0.25) is 9.56 Å². The van der Waals surface area contributed by atoms with Crippen molar-refractivity contribution in [2.75, 3.05) is 20.2 Å². The van der Waals surface area contributed by atoms with Crippen molar-refractivity contribution in [2.45, 2.75) is 46.4 Å². The van der Waals surface area contributed by atoms with Gasteiger partial charge >= 0.3 is 6.55 Å². The molecule has 0 amide bonds. The lowest BCUT2D eigenvalue weighted by atomic mass is 10.0. The fourth-order valence-electron chi connectivity index (χ4n) is 2.20. The number of aliphatic imine (C=N–C) groups is 1. The first-order valence-corrected chi connectivity index (χ1v) is 7.85. The molecular weight excluding hydrogens is 304 g/mol. The maximum Gasteiger partial charge on any atom is 0.319 e. The van der Waals surface area contributed by atoms with Crippen molar-refractivity contribution >= 4 is 5.96 Å². The summed E-state index contributed by atoms with van der Waals surface area (Å²) < 4.78 is 32.0. The SMILES string of the molecule is CCOC(CCNC(=NC)NCc1nccn1C(F)F)C(C)C. The fourth-order valence-corrected chi connectivity index (χ4v) is 2.20. The second kappa shape index (κ2) is 10.1. The van der Waals surface area contributed by atoms with Crippen LogP contribution in [-0.4, -0.2) is 41.8 Å². The van der Waals surface area contributed by atoms with E-state index in [4.69, 9.17) is 4.74 Å². The minimum absolute atomic E-state index is 0.177. The molecule has 1 rings (SSSR count). The molecule has 132 valence electrons. The third kappa shape index (κ3) is 6.52. The van der Waals surface area contributed by atoms with Crippen molar-refractivity contribution < 1.29 is 13.5 Å². The van der Waals surface area contributed by atoms with E-state index < -0.39 is 6.55 Å². The summed E-state index contributed by atoms with van der Waals surface area (Å²) in [6, 6.07) is 0. The molecule has 0 radical (unpaired) electrons. The van der Waals surface area contributed by atoms with E-state index >= 15 is 0 Å². The molecular formula is C15H27F2N5O. The molecule has 1 unspecified atom stereocenters. The van der Waals surface area contributed by atoms with Crippen LogP contribution >= 0.6 is 0 Å². The first kappa shape index (κ1) is 19.3. The van der Waals surface area contributed by atoms with Gasteiger partial charge in [-0.1, -0.05) is 13.8 Å². The second-order valence-corrected chi connectivity index (χ2v) is 5.41. The molecule has 2 N–H and O–H groups in total. The molecule has 1 aromatic rings. The number of nitrogens with one attached hydrogen (secondary N) is 2. The van der Waals surface area contributed by atoms with Crippen LogP contribution in [0.5, 0.6) is 0 Å².